The van der Waals surface area contributed by atoms with Crippen LogP contribution in [-0.4, -0.2) is 32.7 Å². The fourth-order valence-corrected chi connectivity index (χ4v) is 3.02. The van der Waals surface area contributed by atoms with Crippen molar-refractivity contribution in [3.05, 3.63) is 42.1 Å². The SMILES string of the molecule is Cc1ccc2nc(-c3ccc(SCC(=O)NC(C)C)nc3)[nH]c2c1. The highest BCUT2D eigenvalue weighted by atomic mass is 32.2. The molecular formula is C18H20N4OS. The van der Waals surface area contributed by atoms with Gasteiger partial charge in [-0.3, -0.25) is 4.79 Å². The van der Waals surface area contributed by atoms with Crippen molar-refractivity contribution in [1.82, 2.24) is 20.3 Å². The van der Waals surface area contributed by atoms with Crippen molar-refractivity contribution in [2.24, 2.45) is 0 Å². The molecule has 2 N–H and O–H groups in total. The van der Waals surface area contributed by atoms with Crippen molar-refractivity contribution < 1.29 is 4.79 Å². The van der Waals surface area contributed by atoms with E-state index in [1.807, 2.05) is 38.1 Å². The standard InChI is InChI=1S/C18H20N4OS/c1-11(2)20-16(23)10-24-17-7-5-13(9-19-17)18-21-14-6-4-12(3)8-15(14)22-18/h4-9,11H,10H2,1-3H3,(H,20,23)(H,21,22). The van der Waals surface area contributed by atoms with Gasteiger partial charge in [-0.15, -0.1) is 0 Å². The summed E-state index contributed by atoms with van der Waals surface area (Å²) in [6, 6.07) is 10.2. The molecule has 24 heavy (non-hydrogen) atoms. The van der Waals surface area contributed by atoms with Crippen LogP contribution in [0.3, 0.4) is 0 Å². The third-order valence-corrected chi connectivity index (χ3v) is 4.39. The highest BCUT2D eigenvalue weighted by molar-refractivity contribution is 7.99. The lowest BCUT2D eigenvalue weighted by atomic mass is 10.2. The first-order valence-electron chi connectivity index (χ1n) is 7.86. The van der Waals surface area contributed by atoms with Gasteiger partial charge in [-0.1, -0.05) is 17.8 Å². The van der Waals surface area contributed by atoms with E-state index in [4.69, 9.17) is 0 Å². The maximum Gasteiger partial charge on any atom is 0.230 e. The summed E-state index contributed by atoms with van der Waals surface area (Å²) in [5.74, 6) is 1.19. The van der Waals surface area contributed by atoms with E-state index in [0.717, 1.165) is 27.4 Å². The number of H-pyrrole nitrogens is 1. The van der Waals surface area contributed by atoms with Crippen LogP contribution in [0, 0.1) is 6.92 Å². The predicted octanol–water partition coefficient (Wildman–Crippen LogP) is 3.55. The average Bonchev–Trinajstić information content (AvgIpc) is 2.96. The number of pyridine rings is 1. The molecule has 2 aromatic heterocycles. The monoisotopic (exact) mass is 340 g/mol. The third-order valence-electron chi connectivity index (χ3n) is 3.45. The minimum Gasteiger partial charge on any atom is -0.353 e. The normalized spacial score (nSPS) is 11.2. The Hall–Kier alpha value is -2.34. The second-order valence-electron chi connectivity index (χ2n) is 6.00. The molecule has 3 rings (SSSR count). The largest absolute Gasteiger partial charge is 0.353 e. The minimum absolute atomic E-state index is 0.0218. The number of fused-ring (bicyclic) bond motifs is 1. The first-order chi connectivity index (χ1) is 11.5. The van der Waals surface area contributed by atoms with Gasteiger partial charge < -0.3 is 10.3 Å². The summed E-state index contributed by atoms with van der Waals surface area (Å²) in [5.41, 5.74) is 4.09. The molecule has 6 heteroatoms. The van der Waals surface area contributed by atoms with E-state index < -0.39 is 0 Å². The highest BCUT2D eigenvalue weighted by Gasteiger charge is 2.08. The Morgan fingerprint density at radius 3 is 2.83 bits per heavy atom. The molecule has 0 radical (unpaired) electrons. The predicted molar refractivity (Wildman–Crippen MR) is 98.1 cm³/mol. The zero-order valence-corrected chi connectivity index (χ0v) is 14.8. The van der Waals surface area contributed by atoms with E-state index >= 15 is 0 Å². The number of amides is 1. The number of hydrogen-bond acceptors (Lipinski definition) is 4. The number of aromatic nitrogens is 3. The van der Waals surface area contributed by atoms with Crippen molar-refractivity contribution in [3.63, 3.8) is 0 Å². The van der Waals surface area contributed by atoms with Gasteiger partial charge in [0, 0.05) is 17.8 Å². The van der Waals surface area contributed by atoms with Crippen molar-refractivity contribution in [2.45, 2.75) is 31.8 Å². The molecule has 124 valence electrons. The molecule has 1 amide bonds. The fraction of sp³-hybridized carbons (Fsp3) is 0.278. The molecule has 0 aliphatic rings. The lowest BCUT2D eigenvalue weighted by molar-refractivity contribution is -0.119. The number of carbonyl (C=O) groups is 1. The smallest absolute Gasteiger partial charge is 0.230 e. The molecule has 5 nitrogen and oxygen atoms in total. The molecular weight excluding hydrogens is 320 g/mol. The van der Waals surface area contributed by atoms with Crippen LogP contribution < -0.4 is 5.32 Å². The third kappa shape index (κ3) is 3.94. The van der Waals surface area contributed by atoms with Crippen LogP contribution in [0.5, 0.6) is 0 Å². The number of nitrogens with one attached hydrogen (secondary N) is 2. The van der Waals surface area contributed by atoms with E-state index in [1.54, 1.807) is 6.20 Å². The van der Waals surface area contributed by atoms with Crippen LogP contribution in [0.4, 0.5) is 0 Å². The number of nitrogens with zero attached hydrogens (tertiary/aromatic N) is 2. The van der Waals surface area contributed by atoms with Gasteiger partial charge in [-0.05, 0) is 50.6 Å². The fourth-order valence-electron chi connectivity index (χ4n) is 2.37. The Morgan fingerprint density at radius 1 is 1.29 bits per heavy atom. The number of imidazole rings is 1. The lowest BCUT2D eigenvalue weighted by Gasteiger charge is -2.07. The van der Waals surface area contributed by atoms with Crippen LogP contribution in [0.1, 0.15) is 19.4 Å². The summed E-state index contributed by atoms with van der Waals surface area (Å²) in [6.07, 6.45) is 1.78. The molecule has 0 spiro atoms. The van der Waals surface area contributed by atoms with Crippen molar-refractivity contribution in [1.29, 1.82) is 0 Å². The summed E-state index contributed by atoms with van der Waals surface area (Å²) in [7, 11) is 0. The van der Waals surface area contributed by atoms with Gasteiger partial charge in [0.25, 0.3) is 0 Å². The zero-order valence-electron chi connectivity index (χ0n) is 14.0. The van der Waals surface area contributed by atoms with Crippen molar-refractivity contribution >= 4 is 28.7 Å². The Morgan fingerprint density at radius 2 is 2.12 bits per heavy atom. The number of benzene rings is 1. The molecule has 1 aromatic carbocycles. The molecule has 0 bridgehead atoms. The first-order valence-corrected chi connectivity index (χ1v) is 8.85. The van der Waals surface area contributed by atoms with Gasteiger partial charge in [0.1, 0.15) is 5.82 Å². The Bertz CT molecular complexity index is 855. The molecule has 0 saturated heterocycles. The number of hydrogen-bond donors (Lipinski definition) is 2. The van der Waals surface area contributed by atoms with Crippen LogP contribution in [0.25, 0.3) is 22.4 Å². The lowest BCUT2D eigenvalue weighted by Crippen LogP contribution is -2.31. The maximum absolute atomic E-state index is 11.7. The number of thioether (sulfide) groups is 1. The second kappa shape index (κ2) is 7.05. The topological polar surface area (TPSA) is 70.7 Å². The van der Waals surface area contributed by atoms with Gasteiger partial charge in [0.05, 0.1) is 21.8 Å². The first kappa shape index (κ1) is 16.5. The number of aromatic amines is 1. The van der Waals surface area contributed by atoms with Gasteiger partial charge >= 0.3 is 0 Å². The van der Waals surface area contributed by atoms with Crippen molar-refractivity contribution in [2.75, 3.05) is 5.75 Å². The maximum atomic E-state index is 11.7. The van der Waals surface area contributed by atoms with Crippen LogP contribution in [0.15, 0.2) is 41.6 Å². The minimum atomic E-state index is 0.0218. The molecule has 0 atom stereocenters. The second-order valence-corrected chi connectivity index (χ2v) is 7.00. The van der Waals surface area contributed by atoms with Gasteiger partial charge in [0.15, 0.2) is 0 Å². The molecule has 0 saturated carbocycles. The van der Waals surface area contributed by atoms with E-state index in [2.05, 4.69) is 33.3 Å². The van der Waals surface area contributed by atoms with Gasteiger partial charge in [0.2, 0.25) is 5.91 Å². The van der Waals surface area contributed by atoms with E-state index in [1.165, 1.54) is 17.3 Å². The highest BCUT2D eigenvalue weighted by Crippen LogP contribution is 2.23. The Labute approximate surface area is 145 Å². The van der Waals surface area contributed by atoms with E-state index in [9.17, 15) is 4.79 Å². The quantitative estimate of drug-likeness (QED) is 0.697. The molecule has 0 unspecified atom stereocenters. The van der Waals surface area contributed by atoms with Gasteiger partial charge in [-0.2, -0.15) is 0 Å². The average molecular weight is 340 g/mol. The van der Waals surface area contributed by atoms with Crippen LogP contribution in [0.2, 0.25) is 0 Å². The molecule has 3 aromatic rings. The number of rotatable bonds is 5. The molecule has 0 aliphatic carbocycles. The zero-order chi connectivity index (χ0) is 17.1. The summed E-state index contributed by atoms with van der Waals surface area (Å²) >= 11 is 1.43. The molecule has 2 heterocycles. The summed E-state index contributed by atoms with van der Waals surface area (Å²) < 4.78 is 0. The molecule has 0 aliphatic heterocycles. The van der Waals surface area contributed by atoms with Crippen LogP contribution in [-0.2, 0) is 4.79 Å². The summed E-state index contributed by atoms with van der Waals surface area (Å²) in [4.78, 5) is 24.0. The number of carbonyl (C=O) groups excluding carboxylic acids is 1. The number of aryl methyl sites for hydroxylation is 1. The summed E-state index contributed by atoms with van der Waals surface area (Å²) in [5, 5.41) is 3.69. The van der Waals surface area contributed by atoms with Crippen molar-refractivity contribution in [3.8, 4) is 11.4 Å². The van der Waals surface area contributed by atoms with Gasteiger partial charge in [-0.25, -0.2) is 9.97 Å². The Kier molecular flexibility index (Phi) is 4.85. The van der Waals surface area contributed by atoms with Crippen LogP contribution >= 0.6 is 11.8 Å². The molecule has 0 fully saturated rings. The van der Waals surface area contributed by atoms with E-state index in [-0.39, 0.29) is 11.9 Å². The summed E-state index contributed by atoms with van der Waals surface area (Å²) in [6.45, 7) is 5.96. The van der Waals surface area contributed by atoms with E-state index in [0.29, 0.717) is 5.75 Å². The Balaban J connectivity index is 1.70.